The Hall–Kier alpha value is -0.120. The molecule has 0 aromatic carbocycles. The molecule has 2 atom stereocenters. The largest absolute Gasteiger partial charge is 0.375 e. The highest BCUT2D eigenvalue weighted by Gasteiger charge is 2.35. The van der Waals surface area contributed by atoms with Crippen LogP contribution in [0.5, 0.6) is 0 Å². The highest BCUT2D eigenvalue weighted by atomic mass is 16.5. The standard InChI is InChI=1S/C14H28N2O/c1-3-14(4-2)10-12(7-9-17-14)16-13-6-5-8-15-11-13/h12-13,15-16H,3-11H2,1-2H3. The summed E-state index contributed by atoms with van der Waals surface area (Å²) in [7, 11) is 0. The minimum atomic E-state index is 0.151. The second-order valence-electron chi connectivity index (χ2n) is 5.64. The molecule has 0 radical (unpaired) electrons. The van der Waals surface area contributed by atoms with E-state index in [0.717, 1.165) is 26.0 Å². The fourth-order valence-corrected chi connectivity index (χ4v) is 3.24. The Balaban J connectivity index is 1.84. The van der Waals surface area contributed by atoms with Gasteiger partial charge in [-0.1, -0.05) is 13.8 Å². The SMILES string of the molecule is CCC1(CC)CC(NC2CCCNC2)CCO1. The maximum absolute atomic E-state index is 6.03. The topological polar surface area (TPSA) is 33.3 Å². The molecular formula is C14H28N2O. The molecular weight excluding hydrogens is 212 g/mol. The van der Waals surface area contributed by atoms with Gasteiger partial charge in [0.1, 0.15) is 0 Å². The van der Waals surface area contributed by atoms with Crippen LogP contribution >= 0.6 is 0 Å². The van der Waals surface area contributed by atoms with Crippen LogP contribution in [0, 0.1) is 0 Å². The Labute approximate surface area is 106 Å². The van der Waals surface area contributed by atoms with E-state index >= 15 is 0 Å². The van der Waals surface area contributed by atoms with Crippen LogP contribution in [-0.2, 0) is 4.74 Å². The first-order chi connectivity index (χ1) is 8.28. The molecule has 2 aliphatic rings. The van der Waals surface area contributed by atoms with Crippen LogP contribution in [0.3, 0.4) is 0 Å². The van der Waals surface area contributed by atoms with Crippen LogP contribution in [0.4, 0.5) is 0 Å². The van der Waals surface area contributed by atoms with Gasteiger partial charge in [0.2, 0.25) is 0 Å². The maximum Gasteiger partial charge on any atom is 0.0692 e. The lowest BCUT2D eigenvalue weighted by Gasteiger charge is -2.42. The molecule has 2 heterocycles. The summed E-state index contributed by atoms with van der Waals surface area (Å²) in [5, 5.41) is 7.32. The molecule has 2 aliphatic heterocycles. The van der Waals surface area contributed by atoms with Crippen LogP contribution in [0.15, 0.2) is 0 Å². The molecule has 3 nitrogen and oxygen atoms in total. The third-order valence-electron chi connectivity index (χ3n) is 4.55. The average Bonchev–Trinajstić information content (AvgIpc) is 2.40. The molecule has 0 aromatic heterocycles. The zero-order valence-corrected chi connectivity index (χ0v) is 11.4. The van der Waals surface area contributed by atoms with E-state index in [1.54, 1.807) is 0 Å². The summed E-state index contributed by atoms with van der Waals surface area (Å²) in [6.07, 6.45) is 7.30. The number of hydrogen-bond acceptors (Lipinski definition) is 3. The van der Waals surface area contributed by atoms with Crippen molar-refractivity contribution in [1.82, 2.24) is 10.6 Å². The molecule has 2 unspecified atom stereocenters. The summed E-state index contributed by atoms with van der Waals surface area (Å²) in [6, 6.07) is 1.34. The third-order valence-corrected chi connectivity index (χ3v) is 4.55. The molecule has 2 fully saturated rings. The molecule has 100 valence electrons. The van der Waals surface area contributed by atoms with Gasteiger partial charge in [0.05, 0.1) is 5.60 Å². The lowest BCUT2D eigenvalue weighted by molar-refractivity contribution is -0.0942. The van der Waals surface area contributed by atoms with Gasteiger partial charge >= 0.3 is 0 Å². The molecule has 0 bridgehead atoms. The summed E-state index contributed by atoms with van der Waals surface area (Å²) < 4.78 is 6.03. The Kier molecular flexibility index (Phi) is 4.83. The Morgan fingerprint density at radius 2 is 2.06 bits per heavy atom. The fraction of sp³-hybridized carbons (Fsp3) is 1.00. The summed E-state index contributed by atoms with van der Waals surface area (Å²) in [6.45, 7) is 7.78. The summed E-state index contributed by atoms with van der Waals surface area (Å²) in [5.74, 6) is 0. The van der Waals surface area contributed by atoms with Crippen LogP contribution in [0.2, 0.25) is 0 Å². The first kappa shape index (κ1) is 13.3. The smallest absolute Gasteiger partial charge is 0.0692 e. The van der Waals surface area contributed by atoms with E-state index in [0.29, 0.717) is 12.1 Å². The van der Waals surface area contributed by atoms with Crippen molar-refractivity contribution in [2.24, 2.45) is 0 Å². The summed E-state index contributed by atoms with van der Waals surface area (Å²) in [5.41, 5.74) is 0.151. The number of ether oxygens (including phenoxy) is 1. The highest BCUT2D eigenvalue weighted by molar-refractivity contribution is 4.90. The quantitative estimate of drug-likeness (QED) is 0.789. The van der Waals surface area contributed by atoms with E-state index in [2.05, 4.69) is 24.5 Å². The summed E-state index contributed by atoms with van der Waals surface area (Å²) >= 11 is 0. The second kappa shape index (κ2) is 6.17. The Morgan fingerprint density at radius 1 is 1.24 bits per heavy atom. The number of hydrogen-bond donors (Lipinski definition) is 2. The van der Waals surface area contributed by atoms with Gasteiger partial charge in [0, 0.05) is 25.2 Å². The van der Waals surface area contributed by atoms with Crippen LogP contribution in [0.1, 0.15) is 52.4 Å². The normalized spacial score (nSPS) is 33.5. The molecule has 0 aliphatic carbocycles. The lowest BCUT2D eigenvalue weighted by atomic mass is 9.85. The van der Waals surface area contributed by atoms with Crippen molar-refractivity contribution < 1.29 is 4.74 Å². The van der Waals surface area contributed by atoms with Crippen LogP contribution in [-0.4, -0.2) is 37.4 Å². The van der Waals surface area contributed by atoms with Gasteiger partial charge in [-0.05, 0) is 45.1 Å². The number of nitrogens with one attached hydrogen (secondary N) is 2. The van der Waals surface area contributed by atoms with Crippen molar-refractivity contribution in [3.8, 4) is 0 Å². The van der Waals surface area contributed by atoms with Crippen LogP contribution < -0.4 is 10.6 Å². The van der Waals surface area contributed by atoms with E-state index in [1.807, 2.05) is 0 Å². The van der Waals surface area contributed by atoms with Gasteiger partial charge in [0.25, 0.3) is 0 Å². The van der Waals surface area contributed by atoms with E-state index in [-0.39, 0.29) is 5.60 Å². The molecule has 17 heavy (non-hydrogen) atoms. The van der Waals surface area contributed by atoms with E-state index in [4.69, 9.17) is 4.74 Å². The van der Waals surface area contributed by atoms with Gasteiger partial charge in [0.15, 0.2) is 0 Å². The average molecular weight is 240 g/mol. The highest BCUT2D eigenvalue weighted by Crippen LogP contribution is 2.31. The molecule has 0 aromatic rings. The van der Waals surface area contributed by atoms with Crippen LogP contribution in [0.25, 0.3) is 0 Å². The molecule has 0 saturated carbocycles. The van der Waals surface area contributed by atoms with Crippen molar-refractivity contribution >= 4 is 0 Å². The summed E-state index contributed by atoms with van der Waals surface area (Å²) in [4.78, 5) is 0. The zero-order chi connectivity index (χ0) is 12.1. The van der Waals surface area contributed by atoms with E-state index < -0.39 is 0 Å². The monoisotopic (exact) mass is 240 g/mol. The molecule has 2 rings (SSSR count). The third kappa shape index (κ3) is 3.43. The van der Waals surface area contributed by atoms with Gasteiger partial charge in [-0.25, -0.2) is 0 Å². The van der Waals surface area contributed by atoms with E-state index in [9.17, 15) is 0 Å². The molecule has 0 spiro atoms. The molecule has 2 saturated heterocycles. The Bertz CT molecular complexity index is 222. The van der Waals surface area contributed by atoms with Gasteiger partial charge in [-0.2, -0.15) is 0 Å². The first-order valence-electron chi connectivity index (χ1n) is 7.39. The Morgan fingerprint density at radius 3 is 2.71 bits per heavy atom. The second-order valence-corrected chi connectivity index (χ2v) is 5.64. The van der Waals surface area contributed by atoms with Gasteiger partial charge in [-0.15, -0.1) is 0 Å². The predicted octanol–water partition coefficient (Wildman–Crippen LogP) is 2.07. The van der Waals surface area contributed by atoms with Crippen molar-refractivity contribution in [2.45, 2.75) is 70.1 Å². The van der Waals surface area contributed by atoms with Crippen molar-refractivity contribution in [3.63, 3.8) is 0 Å². The first-order valence-corrected chi connectivity index (χ1v) is 7.39. The molecule has 2 N–H and O–H groups in total. The van der Waals surface area contributed by atoms with E-state index in [1.165, 1.54) is 32.2 Å². The molecule has 3 heteroatoms. The number of piperidine rings is 1. The van der Waals surface area contributed by atoms with Gasteiger partial charge < -0.3 is 15.4 Å². The minimum absolute atomic E-state index is 0.151. The van der Waals surface area contributed by atoms with Crippen molar-refractivity contribution in [1.29, 1.82) is 0 Å². The van der Waals surface area contributed by atoms with Gasteiger partial charge in [-0.3, -0.25) is 0 Å². The zero-order valence-electron chi connectivity index (χ0n) is 11.4. The van der Waals surface area contributed by atoms with Crippen molar-refractivity contribution in [2.75, 3.05) is 19.7 Å². The predicted molar refractivity (Wildman–Crippen MR) is 71.3 cm³/mol. The fourth-order valence-electron chi connectivity index (χ4n) is 3.24. The lowest BCUT2D eigenvalue weighted by Crippen LogP contribution is -2.52. The molecule has 0 amide bonds. The van der Waals surface area contributed by atoms with Crippen molar-refractivity contribution in [3.05, 3.63) is 0 Å². The maximum atomic E-state index is 6.03. The number of rotatable bonds is 4. The minimum Gasteiger partial charge on any atom is -0.375 e.